The number of hydrazone groups is 1. The lowest BCUT2D eigenvalue weighted by Gasteiger charge is -2.27. The van der Waals surface area contributed by atoms with E-state index in [0.717, 1.165) is 41.2 Å². The van der Waals surface area contributed by atoms with E-state index in [1.165, 1.54) is 6.07 Å². The molecule has 5 nitrogen and oxygen atoms in total. The Morgan fingerprint density at radius 1 is 1.15 bits per heavy atom. The van der Waals surface area contributed by atoms with Crippen molar-refractivity contribution in [3.63, 3.8) is 0 Å². The molecule has 6 heteroatoms. The maximum atomic E-state index is 14.3. The minimum absolute atomic E-state index is 0.122. The van der Waals surface area contributed by atoms with Crippen LogP contribution in [0.1, 0.15) is 27.0 Å². The van der Waals surface area contributed by atoms with Crippen LogP contribution < -0.4 is 10.7 Å². The average Bonchev–Trinajstić information content (AvgIpc) is 2.72. The minimum atomic E-state index is -0.486. The number of rotatable bonds is 3. The highest BCUT2D eigenvalue weighted by Crippen LogP contribution is 2.23. The molecule has 4 rings (SSSR count). The predicted molar refractivity (Wildman–Crippen MR) is 104 cm³/mol. The number of fused-ring (bicyclic) bond motifs is 1. The third-order valence-electron chi connectivity index (χ3n) is 4.93. The van der Waals surface area contributed by atoms with E-state index in [9.17, 15) is 9.18 Å². The molecule has 1 amide bonds. The fraction of sp³-hybridized carbons (Fsp3) is 0.238. The summed E-state index contributed by atoms with van der Waals surface area (Å²) in [6.07, 6.45) is 0.499. The zero-order valence-corrected chi connectivity index (χ0v) is 15.0. The first-order valence-electron chi connectivity index (χ1n) is 9.03. The molecule has 1 fully saturated rings. The highest BCUT2D eigenvalue weighted by Gasteiger charge is 2.22. The van der Waals surface area contributed by atoms with Crippen LogP contribution in [0, 0.1) is 5.82 Å². The Balaban J connectivity index is 1.60. The highest BCUT2D eigenvalue weighted by molar-refractivity contribution is 6.07. The van der Waals surface area contributed by atoms with Crippen LogP contribution in [0.2, 0.25) is 0 Å². The van der Waals surface area contributed by atoms with Gasteiger partial charge in [-0.3, -0.25) is 10.2 Å². The molecule has 0 radical (unpaired) electrons. The molecular weight excluding hydrogens is 343 g/mol. The average molecular weight is 364 g/mol. The second-order valence-corrected chi connectivity index (χ2v) is 6.73. The summed E-state index contributed by atoms with van der Waals surface area (Å²) in [5.41, 5.74) is 7.51. The van der Waals surface area contributed by atoms with Crippen LogP contribution in [0.3, 0.4) is 0 Å². The van der Waals surface area contributed by atoms with E-state index in [1.807, 2.05) is 24.3 Å². The van der Waals surface area contributed by atoms with Crippen LogP contribution in [-0.2, 0) is 6.42 Å². The molecule has 1 saturated heterocycles. The minimum Gasteiger partial charge on any atom is -0.336 e. The van der Waals surface area contributed by atoms with Crippen molar-refractivity contribution in [2.45, 2.75) is 6.42 Å². The number of nitrogens with zero attached hydrogens (tertiary/aromatic N) is 2. The Labute approximate surface area is 157 Å². The van der Waals surface area contributed by atoms with Gasteiger partial charge in [0.15, 0.2) is 0 Å². The van der Waals surface area contributed by atoms with Crippen molar-refractivity contribution in [2.75, 3.05) is 26.2 Å². The number of carbonyl (C=O) groups excluding carboxylic acids is 1. The van der Waals surface area contributed by atoms with Crippen LogP contribution in [0.15, 0.2) is 54.1 Å². The lowest BCUT2D eigenvalue weighted by Crippen LogP contribution is -2.46. The molecule has 2 N–H and O–H groups in total. The monoisotopic (exact) mass is 364 g/mol. The summed E-state index contributed by atoms with van der Waals surface area (Å²) in [5, 5.41) is 7.60. The fourth-order valence-electron chi connectivity index (χ4n) is 3.47. The van der Waals surface area contributed by atoms with Gasteiger partial charge in [0.1, 0.15) is 5.82 Å². The summed E-state index contributed by atoms with van der Waals surface area (Å²) in [7, 11) is 0. The molecule has 0 unspecified atom stereocenters. The second kappa shape index (κ2) is 7.32. The van der Waals surface area contributed by atoms with Gasteiger partial charge in [-0.2, -0.15) is 5.10 Å². The van der Waals surface area contributed by atoms with E-state index >= 15 is 0 Å². The second-order valence-electron chi connectivity index (χ2n) is 6.73. The summed E-state index contributed by atoms with van der Waals surface area (Å²) in [6.45, 7) is 6.62. The van der Waals surface area contributed by atoms with Gasteiger partial charge in [0.2, 0.25) is 0 Å². The number of piperazine rings is 1. The van der Waals surface area contributed by atoms with Crippen molar-refractivity contribution in [1.82, 2.24) is 15.6 Å². The fourth-order valence-corrected chi connectivity index (χ4v) is 3.47. The number of hydrogen-bond donors (Lipinski definition) is 2. The molecule has 2 aliphatic heterocycles. The Bertz CT molecular complexity index is 932. The van der Waals surface area contributed by atoms with Gasteiger partial charge in [-0.15, -0.1) is 0 Å². The molecule has 27 heavy (non-hydrogen) atoms. The highest BCUT2D eigenvalue weighted by atomic mass is 19.1. The molecule has 138 valence electrons. The predicted octanol–water partition coefficient (Wildman–Crippen LogP) is 2.39. The SMILES string of the molecule is C=C1NN=C(Cc2ccc(F)c(C(=O)N3CCNCC3)c2)c2ccccc21. The maximum Gasteiger partial charge on any atom is 0.256 e. The lowest BCUT2D eigenvalue weighted by atomic mass is 9.94. The number of hydrogen-bond acceptors (Lipinski definition) is 4. The van der Waals surface area contributed by atoms with Crippen LogP contribution in [-0.4, -0.2) is 42.7 Å². The molecule has 0 atom stereocenters. The van der Waals surface area contributed by atoms with Crippen molar-refractivity contribution in [3.8, 4) is 0 Å². The lowest BCUT2D eigenvalue weighted by molar-refractivity contribution is 0.0731. The number of halogens is 1. The summed E-state index contributed by atoms with van der Waals surface area (Å²) < 4.78 is 14.3. The topological polar surface area (TPSA) is 56.7 Å². The molecule has 2 aromatic carbocycles. The zero-order chi connectivity index (χ0) is 18.8. The Morgan fingerprint density at radius 2 is 1.89 bits per heavy atom. The van der Waals surface area contributed by atoms with Gasteiger partial charge in [0.25, 0.3) is 5.91 Å². The first-order valence-corrected chi connectivity index (χ1v) is 9.03. The summed E-state index contributed by atoms with van der Waals surface area (Å²) in [4.78, 5) is 14.4. The Hall–Kier alpha value is -2.99. The standard InChI is InChI=1S/C21H21FN4O/c1-14-16-4-2-3-5-17(16)20(25-24-14)13-15-6-7-19(22)18(12-15)21(27)26-10-8-23-9-11-26/h2-7,12,23-24H,1,8-11,13H2. The van der Waals surface area contributed by atoms with Crippen molar-refractivity contribution >= 4 is 17.3 Å². The van der Waals surface area contributed by atoms with Gasteiger partial charge >= 0.3 is 0 Å². The Morgan fingerprint density at radius 3 is 2.67 bits per heavy atom. The van der Waals surface area contributed by atoms with Gasteiger partial charge < -0.3 is 10.2 Å². The number of nitrogens with one attached hydrogen (secondary N) is 2. The molecule has 2 heterocycles. The number of amides is 1. The smallest absolute Gasteiger partial charge is 0.256 e. The van der Waals surface area contributed by atoms with Crippen LogP contribution >= 0.6 is 0 Å². The van der Waals surface area contributed by atoms with E-state index in [2.05, 4.69) is 22.4 Å². The van der Waals surface area contributed by atoms with E-state index < -0.39 is 5.82 Å². The largest absolute Gasteiger partial charge is 0.336 e. The normalized spacial score (nSPS) is 16.4. The van der Waals surface area contributed by atoms with E-state index in [4.69, 9.17) is 0 Å². The molecule has 0 aromatic heterocycles. The Kier molecular flexibility index (Phi) is 4.73. The van der Waals surface area contributed by atoms with Gasteiger partial charge in [-0.1, -0.05) is 36.9 Å². The van der Waals surface area contributed by atoms with Crippen LogP contribution in [0.4, 0.5) is 4.39 Å². The van der Waals surface area contributed by atoms with E-state index in [-0.39, 0.29) is 11.5 Å². The molecule has 0 spiro atoms. The van der Waals surface area contributed by atoms with Crippen LogP contribution in [0.25, 0.3) is 5.70 Å². The third kappa shape index (κ3) is 3.48. The maximum absolute atomic E-state index is 14.3. The quantitative estimate of drug-likeness (QED) is 0.879. The molecule has 0 aliphatic carbocycles. The first kappa shape index (κ1) is 17.4. The molecule has 0 bridgehead atoms. The van der Waals surface area contributed by atoms with Crippen molar-refractivity contribution in [3.05, 3.63) is 77.1 Å². The summed E-state index contributed by atoms with van der Waals surface area (Å²) >= 11 is 0. The third-order valence-corrected chi connectivity index (χ3v) is 4.93. The van der Waals surface area contributed by atoms with Crippen molar-refractivity contribution in [2.24, 2.45) is 5.10 Å². The molecular formula is C21H21FN4O. The van der Waals surface area contributed by atoms with Gasteiger partial charge in [-0.05, 0) is 17.7 Å². The van der Waals surface area contributed by atoms with Gasteiger partial charge in [0, 0.05) is 43.7 Å². The summed E-state index contributed by atoms with van der Waals surface area (Å²) in [5.74, 6) is -0.742. The van der Waals surface area contributed by atoms with E-state index in [0.29, 0.717) is 19.5 Å². The molecule has 0 saturated carbocycles. The van der Waals surface area contributed by atoms with Crippen LogP contribution in [0.5, 0.6) is 0 Å². The van der Waals surface area contributed by atoms with Crippen molar-refractivity contribution in [1.29, 1.82) is 0 Å². The number of carbonyl (C=O) groups is 1. The van der Waals surface area contributed by atoms with Gasteiger partial charge in [0.05, 0.1) is 17.0 Å². The molecule has 2 aromatic rings. The summed E-state index contributed by atoms with van der Waals surface area (Å²) in [6, 6.07) is 12.6. The zero-order valence-electron chi connectivity index (χ0n) is 15.0. The first-order chi connectivity index (χ1) is 13.1. The molecule has 2 aliphatic rings. The van der Waals surface area contributed by atoms with Crippen molar-refractivity contribution < 1.29 is 9.18 Å². The number of benzene rings is 2. The van der Waals surface area contributed by atoms with E-state index in [1.54, 1.807) is 17.0 Å². The van der Waals surface area contributed by atoms with Gasteiger partial charge in [-0.25, -0.2) is 4.39 Å².